The SMILES string of the molecule is C1CCCCC1.CNC(C)C(=O)NCC(=O)N1CCCC1.c1ccc2c(-c3cscn3)cccc2c1. The van der Waals surface area contributed by atoms with Crippen LogP contribution in [0.15, 0.2) is 53.4 Å². The molecule has 3 aromatic rings. The first-order valence-electron chi connectivity index (χ1n) is 13.2. The van der Waals surface area contributed by atoms with Crippen molar-refractivity contribution in [3.05, 3.63) is 53.4 Å². The van der Waals surface area contributed by atoms with Crippen molar-refractivity contribution in [2.45, 2.75) is 64.3 Å². The summed E-state index contributed by atoms with van der Waals surface area (Å²) in [7, 11) is 1.71. The van der Waals surface area contributed by atoms with Crippen LogP contribution in [0.25, 0.3) is 22.0 Å². The second-order valence-electron chi connectivity index (χ2n) is 9.34. The van der Waals surface area contributed by atoms with Gasteiger partial charge in [-0.25, -0.2) is 4.98 Å². The molecule has 2 aromatic carbocycles. The van der Waals surface area contributed by atoms with Gasteiger partial charge >= 0.3 is 0 Å². The molecule has 7 heteroatoms. The van der Waals surface area contributed by atoms with E-state index < -0.39 is 0 Å². The summed E-state index contributed by atoms with van der Waals surface area (Å²) in [6, 6.07) is 14.5. The van der Waals surface area contributed by atoms with Gasteiger partial charge in [0.05, 0.1) is 23.8 Å². The van der Waals surface area contributed by atoms with Gasteiger partial charge in [0.2, 0.25) is 11.8 Å². The highest BCUT2D eigenvalue weighted by molar-refractivity contribution is 7.07. The number of likely N-dealkylation sites (N-methyl/N-ethyl adjacent to an activating group) is 1. The lowest BCUT2D eigenvalue weighted by Gasteiger charge is -2.16. The zero-order valence-electron chi connectivity index (χ0n) is 21.7. The molecule has 2 aliphatic rings. The van der Waals surface area contributed by atoms with Gasteiger partial charge in [0.25, 0.3) is 0 Å². The number of thiazole rings is 1. The number of aromatic nitrogens is 1. The Bertz CT molecular complexity index is 1040. The van der Waals surface area contributed by atoms with Crippen molar-refractivity contribution in [1.29, 1.82) is 0 Å². The van der Waals surface area contributed by atoms with E-state index in [1.165, 1.54) is 54.9 Å². The summed E-state index contributed by atoms with van der Waals surface area (Å²) in [5.41, 5.74) is 4.16. The number of carbonyl (C=O) groups excluding carboxylic acids is 2. The van der Waals surface area contributed by atoms with Crippen molar-refractivity contribution in [3.63, 3.8) is 0 Å². The largest absolute Gasteiger partial charge is 0.346 e. The van der Waals surface area contributed by atoms with Gasteiger partial charge in [0, 0.05) is 24.0 Å². The molecule has 36 heavy (non-hydrogen) atoms. The molecule has 1 atom stereocenters. The molecule has 2 N–H and O–H groups in total. The average molecular weight is 509 g/mol. The van der Waals surface area contributed by atoms with Crippen molar-refractivity contribution in [2.75, 3.05) is 26.7 Å². The Kier molecular flexibility index (Phi) is 11.9. The van der Waals surface area contributed by atoms with Crippen LogP contribution in [-0.4, -0.2) is 54.4 Å². The van der Waals surface area contributed by atoms with E-state index >= 15 is 0 Å². The third-order valence-corrected chi connectivity index (χ3v) is 7.28. The van der Waals surface area contributed by atoms with E-state index in [0.717, 1.165) is 31.6 Å². The van der Waals surface area contributed by atoms with Crippen molar-refractivity contribution in [2.24, 2.45) is 0 Å². The number of rotatable bonds is 5. The minimum atomic E-state index is -0.253. The highest BCUT2D eigenvalue weighted by Crippen LogP contribution is 2.27. The van der Waals surface area contributed by atoms with Crippen LogP contribution in [0, 0.1) is 0 Å². The number of fused-ring (bicyclic) bond motifs is 1. The molecule has 0 bridgehead atoms. The van der Waals surface area contributed by atoms with E-state index in [9.17, 15) is 9.59 Å². The monoisotopic (exact) mass is 508 g/mol. The lowest BCUT2D eigenvalue weighted by Crippen LogP contribution is -2.45. The van der Waals surface area contributed by atoms with Gasteiger partial charge in [-0.3, -0.25) is 9.59 Å². The second kappa shape index (κ2) is 15.4. The van der Waals surface area contributed by atoms with Gasteiger partial charge in [0.15, 0.2) is 0 Å². The molecule has 194 valence electrons. The summed E-state index contributed by atoms with van der Waals surface area (Å²) in [6.45, 7) is 3.53. The number of benzene rings is 2. The molecule has 1 saturated carbocycles. The Morgan fingerprint density at radius 2 is 1.58 bits per heavy atom. The number of nitrogens with zero attached hydrogens (tertiary/aromatic N) is 2. The molecule has 5 rings (SSSR count). The first-order chi connectivity index (χ1) is 17.6. The van der Waals surface area contributed by atoms with Crippen molar-refractivity contribution in [1.82, 2.24) is 20.5 Å². The van der Waals surface area contributed by atoms with E-state index in [1.54, 1.807) is 30.2 Å². The number of nitrogens with one attached hydrogen (secondary N) is 2. The van der Waals surface area contributed by atoms with E-state index in [1.807, 2.05) is 5.51 Å². The lowest BCUT2D eigenvalue weighted by molar-refractivity contribution is -0.132. The highest BCUT2D eigenvalue weighted by atomic mass is 32.1. The fourth-order valence-electron chi connectivity index (χ4n) is 4.38. The maximum atomic E-state index is 11.6. The average Bonchev–Trinajstić information content (AvgIpc) is 3.68. The number of hydrogen-bond acceptors (Lipinski definition) is 5. The van der Waals surface area contributed by atoms with Gasteiger partial charge in [-0.1, -0.05) is 81.0 Å². The molecular weight excluding hydrogens is 468 g/mol. The molecular formula is C29H40N4O2S. The summed E-state index contributed by atoms with van der Waals surface area (Å²) < 4.78 is 0. The first-order valence-corrected chi connectivity index (χ1v) is 14.1. The minimum absolute atomic E-state index is 0.0177. The summed E-state index contributed by atoms with van der Waals surface area (Å²) in [5, 5.41) is 10.1. The van der Waals surface area contributed by atoms with Crippen molar-refractivity contribution < 1.29 is 9.59 Å². The number of carbonyl (C=O) groups is 2. The first kappa shape index (κ1) is 27.8. The van der Waals surface area contributed by atoms with Crippen LogP contribution in [0.5, 0.6) is 0 Å². The zero-order chi connectivity index (χ0) is 25.6. The fraction of sp³-hybridized carbons (Fsp3) is 0.483. The Hall–Kier alpha value is -2.77. The summed E-state index contributed by atoms with van der Waals surface area (Å²) >= 11 is 1.63. The van der Waals surface area contributed by atoms with Crippen LogP contribution in [0.3, 0.4) is 0 Å². The molecule has 2 amide bonds. The van der Waals surface area contributed by atoms with E-state index in [4.69, 9.17) is 0 Å². The summed E-state index contributed by atoms with van der Waals surface area (Å²) in [5.74, 6) is -0.116. The Labute approximate surface area is 219 Å². The summed E-state index contributed by atoms with van der Waals surface area (Å²) in [6.07, 6.45) is 11.2. The van der Waals surface area contributed by atoms with Gasteiger partial charge in [-0.05, 0) is 37.6 Å². The van der Waals surface area contributed by atoms with Crippen molar-refractivity contribution in [3.8, 4) is 11.3 Å². The molecule has 6 nitrogen and oxygen atoms in total. The van der Waals surface area contributed by atoms with E-state index in [2.05, 4.69) is 63.5 Å². The van der Waals surface area contributed by atoms with Crippen LogP contribution in [0.4, 0.5) is 0 Å². The van der Waals surface area contributed by atoms with Crippen LogP contribution in [0.2, 0.25) is 0 Å². The number of amides is 2. The molecule has 0 radical (unpaired) electrons. The standard InChI is InChI=1S/C13H9NS.C10H19N3O2.C6H12/c1-2-6-11-10(4-1)5-3-7-12(11)13-8-15-9-14-13;1-8(11-2)10(15)12-7-9(14)13-5-3-4-6-13;1-2-4-6-5-3-1/h1-9H;8,11H,3-7H2,1-2H3,(H,12,15);1-6H2. The normalized spacial score (nSPS) is 15.8. The van der Waals surface area contributed by atoms with Crippen LogP contribution in [-0.2, 0) is 9.59 Å². The molecule has 1 saturated heterocycles. The van der Waals surface area contributed by atoms with Crippen LogP contribution >= 0.6 is 11.3 Å². The highest BCUT2D eigenvalue weighted by Gasteiger charge is 2.19. The molecule has 1 unspecified atom stereocenters. The topological polar surface area (TPSA) is 74.3 Å². The molecule has 2 heterocycles. The fourth-order valence-corrected chi connectivity index (χ4v) is 4.93. The molecule has 2 fully saturated rings. The number of hydrogen-bond donors (Lipinski definition) is 2. The predicted octanol–water partition coefficient (Wildman–Crippen LogP) is 5.64. The Morgan fingerprint density at radius 1 is 0.944 bits per heavy atom. The Balaban J connectivity index is 0.000000164. The van der Waals surface area contributed by atoms with Gasteiger partial charge < -0.3 is 15.5 Å². The third kappa shape index (κ3) is 8.71. The van der Waals surface area contributed by atoms with E-state index in [0.29, 0.717) is 0 Å². The van der Waals surface area contributed by atoms with Crippen LogP contribution in [0.1, 0.15) is 58.3 Å². The van der Waals surface area contributed by atoms with Crippen LogP contribution < -0.4 is 10.6 Å². The molecule has 0 spiro atoms. The van der Waals surface area contributed by atoms with Crippen molar-refractivity contribution >= 4 is 33.9 Å². The lowest BCUT2D eigenvalue weighted by atomic mass is 10.0. The van der Waals surface area contributed by atoms with Gasteiger partial charge in [0.1, 0.15) is 0 Å². The quantitative estimate of drug-likeness (QED) is 0.468. The smallest absolute Gasteiger partial charge is 0.241 e. The molecule has 1 aromatic heterocycles. The maximum Gasteiger partial charge on any atom is 0.241 e. The maximum absolute atomic E-state index is 11.6. The van der Waals surface area contributed by atoms with Gasteiger partial charge in [-0.15, -0.1) is 11.3 Å². The van der Waals surface area contributed by atoms with E-state index in [-0.39, 0.29) is 24.4 Å². The third-order valence-electron chi connectivity index (χ3n) is 6.70. The predicted molar refractivity (Wildman–Crippen MR) is 150 cm³/mol. The zero-order valence-corrected chi connectivity index (χ0v) is 22.5. The second-order valence-corrected chi connectivity index (χ2v) is 10.1. The molecule has 1 aliphatic carbocycles. The number of likely N-dealkylation sites (tertiary alicyclic amines) is 1. The Morgan fingerprint density at radius 3 is 2.19 bits per heavy atom. The van der Waals surface area contributed by atoms with Gasteiger partial charge in [-0.2, -0.15) is 0 Å². The summed E-state index contributed by atoms with van der Waals surface area (Å²) in [4.78, 5) is 29.1. The molecule has 1 aliphatic heterocycles. The minimum Gasteiger partial charge on any atom is -0.346 e.